The van der Waals surface area contributed by atoms with Gasteiger partial charge in [0.15, 0.2) is 81.8 Å². The van der Waals surface area contributed by atoms with Crippen LogP contribution in [0.1, 0.15) is 0 Å². The van der Waals surface area contributed by atoms with E-state index in [9.17, 15) is 209 Å². The summed E-state index contributed by atoms with van der Waals surface area (Å²) in [4.78, 5) is 0. The van der Waals surface area contributed by atoms with Gasteiger partial charge in [-0.25, -0.2) is 0 Å². The van der Waals surface area contributed by atoms with Crippen LogP contribution in [0.5, 0.6) is 0 Å². The molecule has 144 heavy (non-hydrogen) atoms. The molecule has 66 nitrogen and oxygen atoms in total. The molecule has 41 N–H and O–H groups in total. The number of ether oxygens (including phenoxy) is 25. The molecule has 13 heterocycles. The van der Waals surface area contributed by atoms with Gasteiger partial charge in [-0.15, -0.1) is 0 Å². The van der Waals surface area contributed by atoms with Crippen LogP contribution in [0.4, 0.5) is 0 Å². The van der Waals surface area contributed by atoms with Gasteiger partial charge in [0.1, 0.15) is 317 Å². The Morgan fingerprint density at radius 1 is 0.104 bits per heavy atom. The van der Waals surface area contributed by atoms with E-state index in [0.29, 0.717) is 0 Å². The smallest absolute Gasteiger partial charge is 0.186 e. The van der Waals surface area contributed by atoms with E-state index in [4.69, 9.17) is 118 Å². The second-order valence-electron chi connectivity index (χ2n) is 36.9. The maximum Gasteiger partial charge on any atom is 0.186 e. The standard InChI is InChI=1S/C78H132O66/c79-1-14-27(80)41(94)54(107)67(133-14)121-3-16-29(82)43(96)56(109)69(135-16)123-5-18-31(84)45(98)58(111)71(137-18)125-7-20-33(86)47(100)60(113)73(139-20)127-9-22-35(88)49(102)62(115)75(141-22)129-11-24-37(90)51(104)64(117)77(143-24)131-13-26-39(92)52(105)65(118)78(144-26)130-12-25-38(91)50(103)63(116)76(142-25)128-10-23-36(89)48(101)61(114)74(140-23)126-8-21-34(87)46(99)59(112)72(138-21)124-6-19-32(85)44(97)57(110)70(136-19)122-4-17-30(83)42(95)55(108)68(134-17)120-2-15-28(81)40(93)53(106)66(119)132-15/h14-119H,1-13H2/t14-,15-,16-,17-,18-,19-,20-,21-,22-,23-,24-,25-,26-,27-,28-,29-,30-,31-,32-,33-,34-,35-,36-,37-,38-,39-,40+,41+,42+,43+,44+,45+,46+,47+,48+,49+,50+,51+,52+,53-,54-,55-,56-,57-,58-,59-,60-,61-,62-,63-,64-,65-,66?,67+,68+,69+,70+,71+,72+,73+,74+,75+,76+,77+,78+/m1/s1. The predicted octanol–water partition coefficient (Wildman–Crippen LogP) is -29.3. The lowest BCUT2D eigenvalue weighted by Gasteiger charge is -2.45. The fourth-order valence-electron chi connectivity index (χ4n) is 17.7. The third kappa shape index (κ3) is 26.2. The second-order valence-corrected chi connectivity index (χ2v) is 36.9. The summed E-state index contributed by atoms with van der Waals surface area (Å²) < 4.78 is 139. The molecule has 1 unspecified atom stereocenters. The van der Waals surface area contributed by atoms with Crippen molar-refractivity contribution in [3.63, 3.8) is 0 Å². The number of aliphatic hydroxyl groups excluding tert-OH is 41. The van der Waals surface area contributed by atoms with Crippen molar-refractivity contribution in [1.29, 1.82) is 0 Å². The molecule has 65 atom stereocenters. The number of hydrogen-bond donors (Lipinski definition) is 41. The first-order chi connectivity index (χ1) is 68.0. The van der Waals surface area contributed by atoms with Crippen LogP contribution < -0.4 is 0 Å². The summed E-state index contributed by atoms with van der Waals surface area (Å²) in [6.07, 6.45) is -128. The average molecular weight is 2130 g/mol. The van der Waals surface area contributed by atoms with Crippen LogP contribution >= 0.6 is 0 Å². The monoisotopic (exact) mass is 2120 g/mol. The lowest BCUT2D eigenvalue weighted by Crippen LogP contribution is -2.64. The Labute approximate surface area is 810 Å². The first kappa shape index (κ1) is 118. The Hall–Kier alpha value is -2.64. The molecule has 0 aromatic carbocycles. The van der Waals surface area contributed by atoms with Crippen LogP contribution in [0.3, 0.4) is 0 Å². The minimum Gasteiger partial charge on any atom is -0.394 e. The van der Waals surface area contributed by atoms with Gasteiger partial charge in [0.2, 0.25) is 0 Å². The first-order valence-corrected chi connectivity index (χ1v) is 45.7. The maximum absolute atomic E-state index is 11.1. The Balaban J connectivity index is 0.544. The molecule has 840 valence electrons. The lowest BCUT2D eigenvalue weighted by molar-refractivity contribution is -0.356. The Bertz CT molecular complexity index is 3600. The molecule has 13 aliphatic rings. The molecule has 0 amide bonds. The van der Waals surface area contributed by atoms with Crippen LogP contribution in [-0.4, -0.2) is 694 Å². The molecule has 13 saturated heterocycles. The van der Waals surface area contributed by atoms with E-state index >= 15 is 0 Å². The highest BCUT2D eigenvalue weighted by Gasteiger charge is 2.59. The van der Waals surface area contributed by atoms with Crippen molar-refractivity contribution in [3.8, 4) is 0 Å². The van der Waals surface area contributed by atoms with E-state index in [-0.39, 0.29) is 0 Å². The fourth-order valence-corrected chi connectivity index (χ4v) is 17.7. The van der Waals surface area contributed by atoms with Gasteiger partial charge in [-0.3, -0.25) is 0 Å². The molecular weight excluding hydrogens is 1990 g/mol. The van der Waals surface area contributed by atoms with Gasteiger partial charge < -0.3 is 328 Å². The van der Waals surface area contributed by atoms with Crippen LogP contribution in [0.2, 0.25) is 0 Å². The van der Waals surface area contributed by atoms with E-state index in [1.54, 1.807) is 0 Å². The molecule has 0 bridgehead atoms. The molecule has 13 aliphatic heterocycles. The highest BCUT2D eigenvalue weighted by Crippen LogP contribution is 2.38. The minimum absolute atomic E-state index is 0.754. The number of aliphatic hydroxyl groups is 41. The molecule has 0 aromatic heterocycles. The van der Waals surface area contributed by atoms with E-state index in [1.807, 2.05) is 0 Å². The second kappa shape index (κ2) is 51.4. The third-order valence-corrected chi connectivity index (χ3v) is 27.0. The Morgan fingerprint density at radius 3 is 0.306 bits per heavy atom. The minimum atomic E-state index is -2.19. The molecule has 13 rings (SSSR count). The molecule has 0 aliphatic carbocycles. The zero-order valence-electron chi connectivity index (χ0n) is 75.3. The van der Waals surface area contributed by atoms with Crippen LogP contribution in [0, 0.1) is 0 Å². The number of hydrogen-bond acceptors (Lipinski definition) is 66. The van der Waals surface area contributed by atoms with Gasteiger partial charge in [-0.05, 0) is 0 Å². The molecule has 0 radical (unpaired) electrons. The van der Waals surface area contributed by atoms with Gasteiger partial charge >= 0.3 is 0 Å². The van der Waals surface area contributed by atoms with Gasteiger partial charge in [-0.2, -0.15) is 0 Å². The maximum atomic E-state index is 11.1. The topological polar surface area (TPSA) is 1060 Å². The molecule has 66 heteroatoms. The summed E-state index contributed by atoms with van der Waals surface area (Å²) in [7, 11) is 0. The van der Waals surface area contributed by atoms with Crippen molar-refractivity contribution in [2.75, 3.05) is 85.9 Å². The molecular formula is C78H132O66. The van der Waals surface area contributed by atoms with Gasteiger partial charge in [0.05, 0.1) is 85.9 Å². The normalized spacial score (nSPS) is 53.9. The Morgan fingerprint density at radius 2 is 0.194 bits per heavy atom. The zero-order valence-corrected chi connectivity index (χ0v) is 75.3. The predicted molar refractivity (Wildman–Crippen MR) is 428 cm³/mol. The fraction of sp³-hybridized carbons (Fsp3) is 1.00. The van der Waals surface area contributed by atoms with Crippen molar-refractivity contribution in [2.24, 2.45) is 0 Å². The van der Waals surface area contributed by atoms with Crippen molar-refractivity contribution in [3.05, 3.63) is 0 Å². The SMILES string of the molecule is OC[C@H]1O[C@H](OC[C@H]2O[C@H](OC[C@H]3O[C@H](OC[C@H]4O[C@H](OC[C@H]5O[C@H](OC[C@H]6O[C@H](OC[C@H]7O[C@H](OC[C@H]8O[C@H](OC[C@H]9O[C@H](OC[C@H]%10O[C@H](OC[C@H]%11O[C@H](OC[C@H]%12O[C@H](OC[C@H]%13OC(O)[C@H](O)[C@@H](O)[C@@H]%13O)[C@H](O)[C@@H](O)[C@@H]%12O)[C@H](O)[C@@H](O)[C@@H]%11O)[C@H](O)[C@@H](O)[C@@H]%10O)[C@H](O)[C@@H](O)[C@@H]9O)[C@H](O)[C@@H](O)[C@@H]8O)[C@H](O)[C@@H](O)[C@@H]7O)[C@H](O)[C@@H](O)[C@@H]6O)[C@H](O)[C@@H](O)[C@@H]5O)[C@H](O)[C@@H](O)[C@@H]4O)[C@H](O)[C@@H](O)[C@@H]3O)[C@H](O)[C@@H](O)[C@@H]2O)[C@H](O)[C@@H](O)[C@@H]1O. The van der Waals surface area contributed by atoms with Crippen molar-refractivity contribution >= 4 is 0 Å². The summed E-state index contributed by atoms with van der Waals surface area (Å²) in [6.45, 7) is -11.6. The van der Waals surface area contributed by atoms with E-state index in [0.717, 1.165) is 0 Å². The quantitative estimate of drug-likeness (QED) is 0.0275. The van der Waals surface area contributed by atoms with E-state index < -0.39 is 485 Å². The molecule has 0 saturated carbocycles. The van der Waals surface area contributed by atoms with Crippen LogP contribution in [0.15, 0.2) is 0 Å². The molecule has 0 aromatic rings. The summed E-state index contributed by atoms with van der Waals surface area (Å²) in [5, 5.41) is 440. The first-order valence-electron chi connectivity index (χ1n) is 45.7. The largest absolute Gasteiger partial charge is 0.394 e. The highest BCUT2D eigenvalue weighted by atomic mass is 16.8. The number of rotatable bonds is 37. The van der Waals surface area contributed by atoms with E-state index in [1.165, 1.54) is 0 Å². The van der Waals surface area contributed by atoms with Crippen LogP contribution in [0.25, 0.3) is 0 Å². The summed E-state index contributed by atoms with van der Waals surface area (Å²) in [6, 6.07) is 0. The molecule has 0 spiro atoms. The molecule has 13 fully saturated rings. The van der Waals surface area contributed by atoms with E-state index in [2.05, 4.69) is 0 Å². The third-order valence-electron chi connectivity index (χ3n) is 27.0. The van der Waals surface area contributed by atoms with Crippen LogP contribution in [-0.2, 0) is 118 Å². The van der Waals surface area contributed by atoms with Gasteiger partial charge in [0.25, 0.3) is 0 Å². The van der Waals surface area contributed by atoms with Gasteiger partial charge in [-0.1, -0.05) is 0 Å². The highest BCUT2D eigenvalue weighted by molar-refractivity contribution is 5.02. The average Bonchev–Trinajstić information content (AvgIpc) is 0.786. The summed E-state index contributed by atoms with van der Waals surface area (Å²) >= 11 is 0. The van der Waals surface area contributed by atoms with Crippen molar-refractivity contribution in [1.82, 2.24) is 0 Å². The van der Waals surface area contributed by atoms with Crippen molar-refractivity contribution in [2.45, 2.75) is 399 Å². The zero-order chi connectivity index (χ0) is 105. The summed E-state index contributed by atoms with van der Waals surface area (Å²) in [5.74, 6) is 0. The Kier molecular flexibility index (Phi) is 42.2. The lowest BCUT2D eigenvalue weighted by atomic mass is 9.97. The van der Waals surface area contributed by atoms with Gasteiger partial charge in [0, 0.05) is 0 Å². The van der Waals surface area contributed by atoms with Crippen molar-refractivity contribution < 1.29 is 328 Å². The summed E-state index contributed by atoms with van der Waals surface area (Å²) in [5.41, 5.74) is 0.